The number of hydrogen-bond acceptors (Lipinski definition) is 2. The molecule has 0 aliphatic carbocycles. The van der Waals surface area contributed by atoms with E-state index < -0.39 is 23.6 Å². The van der Waals surface area contributed by atoms with Crippen molar-refractivity contribution in [3.05, 3.63) is 92.4 Å². The van der Waals surface area contributed by atoms with Gasteiger partial charge in [-0.1, -0.05) is 53.0 Å². The van der Waals surface area contributed by atoms with E-state index in [4.69, 9.17) is 34.8 Å². The van der Waals surface area contributed by atoms with Crippen molar-refractivity contribution in [1.82, 2.24) is 0 Å². The van der Waals surface area contributed by atoms with Gasteiger partial charge in [0.05, 0.1) is 21.2 Å². The molecule has 0 aliphatic rings. The molecule has 0 unspecified atom stereocenters. The third-order valence-corrected chi connectivity index (χ3v) is 4.86. The van der Waals surface area contributed by atoms with Gasteiger partial charge in [0.15, 0.2) is 0 Å². The molecule has 0 saturated carbocycles. The molecule has 2 N–H and O–H groups in total. The van der Waals surface area contributed by atoms with Crippen LogP contribution in [0, 0.1) is 0 Å². The van der Waals surface area contributed by atoms with E-state index in [9.17, 15) is 22.8 Å². The molecule has 10 heteroatoms. The Hall–Kier alpha value is -2.74. The van der Waals surface area contributed by atoms with Gasteiger partial charge in [-0.3, -0.25) is 9.59 Å². The summed E-state index contributed by atoms with van der Waals surface area (Å²) in [6, 6.07) is 13.2. The summed E-state index contributed by atoms with van der Waals surface area (Å²) in [5, 5.41) is 4.77. The van der Waals surface area contributed by atoms with Gasteiger partial charge in [-0.15, -0.1) is 0 Å². The second-order valence-electron chi connectivity index (χ2n) is 6.32. The van der Waals surface area contributed by atoms with Crippen LogP contribution in [0.5, 0.6) is 0 Å². The summed E-state index contributed by atoms with van der Waals surface area (Å²) in [6.07, 6.45) is -4.72. The predicted molar refractivity (Wildman–Crippen MR) is 115 cm³/mol. The lowest BCUT2D eigenvalue weighted by molar-refractivity contribution is -0.137. The topological polar surface area (TPSA) is 58.2 Å². The number of anilines is 2. The summed E-state index contributed by atoms with van der Waals surface area (Å²) < 4.78 is 40.1. The lowest BCUT2D eigenvalue weighted by Crippen LogP contribution is -2.16. The van der Waals surface area contributed by atoms with Gasteiger partial charge in [0.25, 0.3) is 11.8 Å². The zero-order valence-electron chi connectivity index (χ0n) is 15.4. The zero-order chi connectivity index (χ0) is 22.8. The van der Waals surface area contributed by atoms with Crippen LogP contribution >= 0.6 is 34.8 Å². The summed E-state index contributed by atoms with van der Waals surface area (Å²) in [6.45, 7) is 0. The Morgan fingerprint density at radius 2 is 1.26 bits per heavy atom. The van der Waals surface area contributed by atoms with Crippen LogP contribution in [-0.2, 0) is 6.18 Å². The second kappa shape index (κ2) is 9.18. The fourth-order valence-corrected chi connectivity index (χ4v) is 3.67. The molecule has 0 atom stereocenters. The number of nitrogens with one attached hydrogen (secondary N) is 2. The van der Waals surface area contributed by atoms with Crippen LogP contribution in [0.25, 0.3) is 0 Å². The number of carbonyl (C=O) groups is 2. The van der Waals surface area contributed by atoms with Gasteiger partial charge >= 0.3 is 6.18 Å². The lowest BCUT2D eigenvalue weighted by atomic mass is 10.1. The fourth-order valence-electron chi connectivity index (χ4n) is 2.68. The average Bonchev–Trinajstić information content (AvgIpc) is 2.67. The molecule has 31 heavy (non-hydrogen) atoms. The summed E-state index contributed by atoms with van der Waals surface area (Å²) in [7, 11) is 0. The molecule has 0 bridgehead atoms. The first kappa shape index (κ1) is 22.9. The molecule has 0 radical (unpaired) electrons. The predicted octanol–water partition coefficient (Wildman–Crippen LogP) is 7.17. The Balaban J connectivity index is 1.94. The molecule has 3 aromatic carbocycles. The molecular formula is C21H12Cl3F3N2O2. The van der Waals surface area contributed by atoms with Crippen LogP contribution in [0.3, 0.4) is 0 Å². The minimum atomic E-state index is -4.72. The van der Waals surface area contributed by atoms with Crippen molar-refractivity contribution in [2.45, 2.75) is 6.18 Å². The number of benzene rings is 3. The molecule has 0 heterocycles. The SMILES string of the molecule is O=C(Nc1cc(NC(=O)c2c(Cl)cc(Cl)cc2Cl)cc(C(F)(F)F)c1)c1ccccc1. The molecule has 3 rings (SSSR count). The van der Waals surface area contributed by atoms with Crippen molar-refractivity contribution in [3.63, 3.8) is 0 Å². The highest BCUT2D eigenvalue weighted by Gasteiger charge is 2.32. The third-order valence-electron chi connectivity index (χ3n) is 4.05. The highest BCUT2D eigenvalue weighted by atomic mass is 35.5. The number of rotatable bonds is 4. The Morgan fingerprint density at radius 1 is 0.742 bits per heavy atom. The first-order valence-electron chi connectivity index (χ1n) is 8.59. The van der Waals surface area contributed by atoms with Crippen LogP contribution in [0.4, 0.5) is 24.5 Å². The van der Waals surface area contributed by atoms with E-state index in [2.05, 4.69) is 10.6 Å². The summed E-state index contributed by atoms with van der Waals surface area (Å²) in [5.74, 6) is -1.45. The molecule has 0 fully saturated rings. The summed E-state index contributed by atoms with van der Waals surface area (Å²) in [4.78, 5) is 24.9. The minimum Gasteiger partial charge on any atom is -0.322 e. The molecule has 0 spiro atoms. The molecule has 2 amide bonds. The second-order valence-corrected chi connectivity index (χ2v) is 7.57. The van der Waals surface area contributed by atoms with Gasteiger partial charge in [0, 0.05) is 22.0 Å². The van der Waals surface area contributed by atoms with E-state index in [0.717, 1.165) is 12.1 Å². The quantitative estimate of drug-likeness (QED) is 0.410. The van der Waals surface area contributed by atoms with Crippen LogP contribution in [-0.4, -0.2) is 11.8 Å². The third kappa shape index (κ3) is 5.70. The number of halogens is 6. The Morgan fingerprint density at radius 3 is 1.77 bits per heavy atom. The smallest absolute Gasteiger partial charge is 0.322 e. The van der Waals surface area contributed by atoms with Gasteiger partial charge in [-0.25, -0.2) is 0 Å². The molecule has 0 saturated heterocycles. The average molecular weight is 488 g/mol. The molecular weight excluding hydrogens is 476 g/mol. The zero-order valence-corrected chi connectivity index (χ0v) is 17.6. The van der Waals surface area contributed by atoms with E-state index in [1.807, 2.05) is 0 Å². The van der Waals surface area contributed by atoms with Crippen LogP contribution in [0.15, 0.2) is 60.7 Å². The fraction of sp³-hybridized carbons (Fsp3) is 0.0476. The largest absolute Gasteiger partial charge is 0.416 e. The molecule has 160 valence electrons. The normalized spacial score (nSPS) is 11.2. The minimum absolute atomic E-state index is 0.0698. The highest BCUT2D eigenvalue weighted by molar-refractivity contribution is 6.42. The van der Waals surface area contributed by atoms with E-state index in [1.54, 1.807) is 18.2 Å². The van der Waals surface area contributed by atoms with Crippen molar-refractivity contribution in [3.8, 4) is 0 Å². The van der Waals surface area contributed by atoms with Crippen LogP contribution in [0.1, 0.15) is 26.3 Å². The molecule has 4 nitrogen and oxygen atoms in total. The first-order chi connectivity index (χ1) is 14.5. The van der Waals surface area contributed by atoms with Gasteiger partial charge in [0.1, 0.15) is 0 Å². The van der Waals surface area contributed by atoms with Crippen LogP contribution in [0.2, 0.25) is 15.1 Å². The maximum absolute atomic E-state index is 13.4. The molecule has 0 aliphatic heterocycles. The maximum Gasteiger partial charge on any atom is 0.416 e. The number of amides is 2. The number of carbonyl (C=O) groups excluding carboxylic acids is 2. The van der Waals surface area contributed by atoms with Crippen molar-refractivity contribution in [1.29, 1.82) is 0 Å². The number of alkyl halides is 3. The van der Waals surface area contributed by atoms with E-state index in [0.29, 0.717) is 0 Å². The van der Waals surface area contributed by atoms with E-state index in [1.165, 1.54) is 30.3 Å². The number of hydrogen-bond donors (Lipinski definition) is 2. The van der Waals surface area contributed by atoms with Crippen molar-refractivity contribution in [2.75, 3.05) is 10.6 Å². The highest BCUT2D eigenvalue weighted by Crippen LogP contribution is 2.35. The Labute approximate surface area is 189 Å². The summed E-state index contributed by atoms with van der Waals surface area (Å²) in [5.41, 5.74) is -1.34. The van der Waals surface area contributed by atoms with E-state index >= 15 is 0 Å². The maximum atomic E-state index is 13.4. The molecule has 0 aromatic heterocycles. The summed E-state index contributed by atoms with van der Waals surface area (Å²) >= 11 is 17.8. The van der Waals surface area contributed by atoms with Crippen molar-refractivity contribution < 1.29 is 22.8 Å². The van der Waals surface area contributed by atoms with E-state index in [-0.39, 0.29) is 37.6 Å². The first-order valence-corrected chi connectivity index (χ1v) is 9.72. The van der Waals surface area contributed by atoms with Crippen LogP contribution < -0.4 is 10.6 Å². The monoisotopic (exact) mass is 486 g/mol. The Bertz CT molecular complexity index is 1130. The van der Waals surface area contributed by atoms with Gasteiger partial charge in [-0.2, -0.15) is 13.2 Å². The lowest BCUT2D eigenvalue weighted by Gasteiger charge is -2.15. The standard InChI is InChI=1S/C21H12Cl3F3N2O2/c22-13-8-16(23)18(17(24)9-13)20(31)29-15-7-12(21(25,26)27)6-14(10-15)28-19(30)11-4-2-1-3-5-11/h1-10H,(H,28,30)(H,29,31). The Kier molecular flexibility index (Phi) is 6.79. The molecule has 3 aromatic rings. The van der Waals surface area contributed by atoms with Gasteiger partial charge in [0.2, 0.25) is 0 Å². The van der Waals surface area contributed by atoms with Crippen molar-refractivity contribution >= 4 is 58.0 Å². The van der Waals surface area contributed by atoms with Crippen molar-refractivity contribution in [2.24, 2.45) is 0 Å². The van der Waals surface area contributed by atoms with Gasteiger partial charge < -0.3 is 10.6 Å². The van der Waals surface area contributed by atoms with Gasteiger partial charge in [-0.05, 0) is 42.5 Å².